The molecule has 30 heavy (non-hydrogen) atoms. The van der Waals surface area contributed by atoms with Crippen LogP contribution >= 0.6 is 0 Å². The number of alkyl halides is 3. The highest BCUT2D eigenvalue weighted by atomic mass is 19.1. The largest absolute Gasteiger partial charge is 0.462 e. The summed E-state index contributed by atoms with van der Waals surface area (Å²) in [5, 5.41) is 8.83. The maximum absolute atomic E-state index is 14.6. The molecule has 0 bridgehead atoms. The number of nitrogens with zero attached hydrogens (tertiary/aromatic N) is 1. The fraction of sp³-hybridized carbons (Fsp3) is 0.917. The minimum absolute atomic E-state index is 0.143. The molecular weight excluding hydrogens is 391 g/mol. The first-order valence-corrected chi connectivity index (χ1v) is 11.9. The number of hydrogen-bond donors (Lipinski definition) is 0. The summed E-state index contributed by atoms with van der Waals surface area (Å²) in [7, 11) is 0. The third-order valence-corrected chi connectivity index (χ3v) is 7.23. The van der Waals surface area contributed by atoms with Crippen molar-refractivity contribution in [3.05, 3.63) is 0 Å². The Bertz CT molecular complexity index is 561. The van der Waals surface area contributed by atoms with Crippen LogP contribution in [0.2, 0.25) is 0 Å². The number of ether oxygens (including phenoxy) is 1. The zero-order valence-electron chi connectivity index (χ0n) is 18.7. The summed E-state index contributed by atoms with van der Waals surface area (Å²) >= 11 is 0. The third-order valence-electron chi connectivity index (χ3n) is 7.23. The standard InChI is InChI=1S/C22H32F3NO2.C2H6/c1-13-2-4-14(5-3-13)15-6-7-16(9-17(23)8-15)22(27)28-18-10-20(24)19(12-26)21(25)11-18;1-2/h13-21H,2-11H2,1H3;1-2H3. The molecule has 3 saturated carbocycles. The van der Waals surface area contributed by atoms with Gasteiger partial charge in [0.2, 0.25) is 0 Å². The van der Waals surface area contributed by atoms with Crippen molar-refractivity contribution in [2.45, 2.75) is 110 Å². The molecule has 3 nitrogen and oxygen atoms in total. The van der Waals surface area contributed by atoms with Crippen molar-refractivity contribution in [2.75, 3.05) is 0 Å². The monoisotopic (exact) mass is 429 g/mol. The van der Waals surface area contributed by atoms with E-state index >= 15 is 0 Å². The lowest BCUT2D eigenvalue weighted by Gasteiger charge is -2.32. The van der Waals surface area contributed by atoms with Crippen LogP contribution in [0.15, 0.2) is 0 Å². The van der Waals surface area contributed by atoms with E-state index in [1.54, 1.807) is 6.07 Å². The molecule has 0 saturated heterocycles. The molecule has 0 spiro atoms. The second kappa shape index (κ2) is 12.0. The molecule has 0 aromatic heterocycles. The summed E-state index contributed by atoms with van der Waals surface area (Å²) < 4.78 is 47.8. The highest BCUT2D eigenvalue weighted by molar-refractivity contribution is 5.72. The summed E-state index contributed by atoms with van der Waals surface area (Å²) in [4.78, 5) is 12.6. The number of nitriles is 1. The summed E-state index contributed by atoms with van der Waals surface area (Å²) in [6, 6.07) is 1.65. The molecule has 0 amide bonds. The number of hydrogen-bond acceptors (Lipinski definition) is 3. The molecular formula is C24H38F3NO2. The van der Waals surface area contributed by atoms with E-state index in [-0.39, 0.29) is 19.3 Å². The van der Waals surface area contributed by atoms with Gasteiger partial charge in [-0.25, -0.2) is 13.2 Å². The van der Waals surface area contributed by atoms with Crippen LogP contribution in [0, 0.1) is 40.9 Å². The topological polar surface area (TPSA) is 50.1 Å². The van der Waals surface area contributed by atoms with E-state index in [1.165, 1.54) is 12.8 Å². The number of carbonyl (C=O) groups excluding carboxylic acids is 1. The lowest BCUT2D eigenvalue weighted by Crippen LogP contribution is -2.40. The highest BCUT2D eigenvalue weighted by Crippen LogP contribution is 2.41. The van der Waals surface area contributed by atoms with Gasteiger partial charge in [-0.2, -0.15) is 5.26 Å². The van der Waals surface area contributed by atoms with Crippen molar-refractivity contribution < 1.29 is 22.7 Å². The normalized spacial score (nSPS) is 42.1. The zero-order valence-corrected chi connectivity index (χ0v) is 18.7. The fourth-order valence-corrected chi connectivity index (χ4v) is 5.42. The predicted molar refractivity (Wildman–Crippen MR) is 111 cm³/mol. The molecule has 3 aliphatic rings. The van der Waals surface area contributed by atoms with Gasteiger partial charge in [-0.1, -0.05) is 33.6 Å². The quantitative estimate of drug-likeness (QED) is 0.380. The van der Waals surface area contributed by atoms with Crippen LogP contribution in [-0.2, 0) is 9.53 Å². The molecule has 3 aliphatic carbocycles. The van der Waals surface area contributed by atoms with Gasteiger partial charge in [0, 0.05) is 12.8 Å². The van der Waals surface area contributed by atoms with Crippen LogP contribution in [0.25, 0.3) is 0 Å². The summed E-state index contributed by atoms with van der Waals surface area (Å²) in [6.45, 7) is 6.27. The van der Waals surface area contributed by atoms with Crippen molar-refractivity contribution >= 4 is 5.97 Å². The Kier molecular flexibility index (Phi) is 9.97. The molecule has 5 atom stereocenters. The Hall–Kier alpha value is -1.25. The Morgan fingerprint density at radius 2 is 1.43 bits per heavy atom. The SMILES string of the molecule is CC.CC1CCC(C2CCC(C(=O)OC3CC(F)C(C#N)C(F)C3)CC(F)C2)CC1. The fourth-order valence-electron chi connectivity index (χ4n) is 5.42. The average molecular weight is 430 g/mol. The van der Waals surface area contributed by atoms with Crippen molar-refractivity contribution in [3.63, 3.8) is 0 Å². The van der Waals surface area contributed by atoms with Crippen LogP contribution in [0.4, 0.5) is 13.2 Å². The number of halogens is 3. The molecule has 172 valence electrons. The van der Waals surface area contributed by atoms with Crippen molar-refractivity contribution in [1.29, 1.82) is 5.26 Å². The van der Waals surface area contributed by atoms with Crippen molar-refractivity contribution in [3.8, 4) is 6.07 Å². The van der Waals surface area contributed by atoms with Gasteiger partial charge < -0.3 is 4.74 Å². The molecule has 0 N–H and O–H groups in total. The average Bonchev–Trinajstić information content (AvgIpc) is 2.91. The maximum atomic E-state index is 14.6. The van der Waals surface area contributed by atoms with Gasteiger partial charge in [-0.05, 0) is 56.3 Å². The summed E-state index contributed by atoms with van der Waals surface area (Å²) in [6.07, 6.45) is 1.28. The van der Waals surface area contributed by atoms with E-state index in [0.29, 0.717) is 24.7 Å². The Balaban J connectivity index is 0.00000155. The van der Waals surface area contributed by atoms with Crippen LogP contribution in [0.5, 0.6) is 0 Å². The van der Waals surface area contributed by atoms with Gasteiger partial charge in [-0.3, -0.25) is 4.79 Å². The number of carbonyl (C=O) groups is 1. The lowest BCUT2D eigenvalue weighted by atomic mass is 9.74. The Morgan fingerprint density at radius 1 is 0.867 bits per heavy atom. The summed E-state index contributed by atoms with van der Waals surface area (Å²) in [5.41, 5.74) is 0. The molecule has 6 heteroatoms. The molecule has 0 heterocycles. The molecule has 0 aliphatic heterocycles. The molecule has 0 aromatic rings. The highest BCUT2D eigenvalue weighted by Gasteiger charge is 2.41. The van der Waals surface area contributed by atoms with Crippen LogP contribution in [0.1, 0.15) is 85.0 Å². The smallest absolute Gasteiger partial charge is 0.309 e. The number of rotatable bonds is 3. The van der Waals surface area contributed by atoms with E-state index in [1.807, 2.05) is 13.8 Å². The first kappa shape index (κ1) is 25.0. The van der Waals surface area contributed by atoms with E-state index in [0.717, 1.165) is 25.2 Å². The first-order chi connectivity index (χ1) is 14.4. The van der Waals surface area contributed by atoms with Gasteiger partial charge in [-0.15, -0.1) is 0 Å². The van der Waals surface area contributed by atoms with Gasteiger partial charge in [0.25, 0.3) is 0 Å². The predicted octanol–water partition coefficient (Wildman–Crippen LogP) is 6.50. The maximum Gasteiger partial charge on any atom is 0.309 e. The van der Waals surface area contributed by atoms with Crippen molar-refractivity contribution in [2.24, 2.45) is 29.6 Å². The Labute approximate surface area is 179 Å². The van der Waals surface area contributed by atoms with E-state index in [9.17, 15) is 18.0 Å². The lowest BCUT2D eigenvalue weighted by molar-refractivity contribution is -0.159. The zero-order chi connectivity index (χ0) is 22.3. The van der Waals surface area contributed by atoms with E-state index in [4.69, 9.17) is 10.00 Å². The van der Waals surface area contributed by atoms with Crippen molar-refractivity contribution in [1.82, 2.24) is 0 Å². The van der Waals surface area contributed by atoms with Gasteiger partial charge in [0.05, 0.1) is 12.0 Å². The van der Waals surface area contributed by atoms with Gasteiger partial charge in [0.15, 0.2) is 0 Å². The molecule has 3 fully saturated rings. The minimum Gasteiger partial charge on any atom is -0.462 e. The molecule has 0 radical (unpaired) electrons. The third kappa shape index (κ3) is 6.62. The molecule has 3 rings (SSSR count). The van der Waals surface area contributed by atoms with Crippen LogP contribution < -0.4 is 0 Å². The molecule has 5 unspecified atom stereocenters. The van der Waals surface area contributed by atoms with E-state index < -0.39 is 42.4 Å². The second-order valence-corrected chi connectivity index (χ2v) is 9.34. The van der Waals surface area contributed by atoms with Gasteiger partial charge in [0.1, 0.15) is 30.5 Å². The second-order valence-electron chi connectivity index (χ2n) is 9.34. The summed E-state index contributed by atoms with van der Waals surface area (Å²) in [5.74, 6) is -0.739. The van der Waals surface area contributed by atoms with E-state index in [2.05, 4.69) is 6.92 Å². The Morgan fingerprint density at radius 3 is 2.00 bits per heavy atom. The molecule has 0 aromatic carbocycles. The number of esters is 1. The first-order valence-electron chi connectivity index (χ1n) is 11.9. The van der Waals surface area contributed by atoms with Gasteiger partial charge >= 0.3 is 5.97 Å². The minimum atomic E-state index is -1.63. The van der Waals surface area contributed by atoms with Crippen LogP contribution in [-0.4, -0.2) is 30.6 Å². The van der Waals surface area contributed by atoms with Crippen LogP contribution in [0.3, 0.4) is 0 Å².